The number of unbranched alkanes of at least 4 members (excludes halogenated alkanes) is 2. The summed E-state index contributed by atoms with van der Waals surface area (Å²) in [5.74, 6) is -11.1. The van der Waals surface area contributed by atoms with E-state index in [4.69, 9.17) is 5.73 Å². The second-order valence-corrected chi connectivity index (χ2v) is 23.8. The Hall–Kier alpha value is -7.48. The lowest BCUT2D eigenvalue weighted by atomic mass is 9.93. The maximum atomic E-state index is 14.6. The van der Waals surface area contributed by atoms with Gasteiger partial charge >= 0.3 is 0 Å². The first kappa shape index (κ1) is 73.8. The van der Waals surface area contributed by atoms with Crippen molar-refractivity contribution in [3.63, 3.8) is 0 Å². The van der Waals surface area contributed by atoms with Crippen LogP contribution in [0.15, 0.2) is 42.1 Å². The number of nitrogens with two attached hydrogens (primary N) is 1. The molecule has 1 aromatic rings. The van der Waals surface area contributed by atoms with Crippen molar-refractivity contribution in [3.8, 4) is 0 Å². The molecular formula is C61H98N12O14. The van der Waals surface area contributed by atoms with Gasteiger partial charge < -0.3 is 74.0 Å². The van der Waals surface area contributed by atoms with E-state index in [1.54, 1.807) is 44.2 Å². The fraction of sp³-hybridized carbons (Fsp3) is 0.672. The minimum atomic E-state index is -1.54. The number of primary amides is 1. The number of benzene rings is 1. The van der Waals surface area contributed by atoms with Crippen LogP contribution in [0.4, 0.5) is 0 Å². The summed E-state index contributed by atoms with van der Waals surface area (Å²) in [4.78, 5) is 169. The first-order valence-corrected chi connectivity index (χ1v) is 30.7. The van der Waals surface area contributed by atoms with Gasteiger partial charge in [-0.3, -0.25) is 57.5 Å². The highest BCUT2D eigenvalue weighted by Crippen LogP contribution is 2.22. The number of allylic oxidation sites excluding steroid dienone is 1. The molecule has 0 saturated carbocycles. The van der Waals surface area contributed by atoms with Gasteiger partial charge in [0.1, 0.15) is 54.0 Å². The molecule has 2 heterocycles. The van der Waals surface area contributed by atoms with E-state index >= 15 is 0 Å². The van der Waals surface area contributed by atoms with Crippen LogP contribution in [-0.4, -0.2) is 166 Å². The molecule has 12 atom stereocenters. The summed E-state index contributed by atoms with van der Waals surface area (Å²) in [7, 11) is 0. The van der Waals surface area contributed by atoms with Crippen LogP contribution in [0.2, 0.25) is 0 Å². The van der Waals surface area contributed by atoms with Crippen LogP contribution < -0.4 is 58.9 Å². The summed E-state index contributed by atoms with van der Waals surface area (Å²) in [6.45, 7) is 16.1. The van der Waals surface area contributed by atoms with Crippen molar-refractivity contribution in [1.29, 1.82) is 0 Å². The molecule has 0 bridgehead atoms. The van der Waals surface area contributed by atoms with Crippen molar-refractivity contribution in [2.24, 2.45) is 29.4 Å². The summed E-state index contributed by atoms with van der Waals surface area (Å²) < 4.78 is 0. The number of fused-ring (bicyclic) bond motifs is 1. The van der Waals surface area contributed by atoms with Crippen LogP contribution in [0.1, 0.15) is 158 Å². The Balaban J connectivity index is 2.20. The number of carbonyl (C=O) groups excluding carboxylic acids is 12. The molecule has 4 unspecified atom stereocenters. The first-order valence-electron chi connectivity index (χ1n) is 30.7. The van der Waals surface area contributed by atoms with E-state index < -0.39 is 163 Å². The van der Waals surface area contributed by atoms with E-state index in [2.05, 4.69) is 53.2 Å². The van der Waals surface area contributed by atoms with E-state index in [0.29, 0.717) is 31.2 Å². The number of rotatable bonds is 19. The van der Waals surface area contributed by atoms with Gasteiger partial charge in [-0.05, 0) is 68.3 Å². The number of nitrogens with one attached hydrogen (secondary N) is 10. The van der Waals surface area contributed by atoms with Crippen molar-refractivity contribution < 1.29 is 67.7 Å². The number of carbonyl (C=O) groups is 12. The van der Waals surface area contributed by atoms with Gasteiger partial charge in [0.15, 0.2) is 0 Å². The normalized spacial score (nSPS) is 26.6. The molecule has 2 fully saturated rings. The van der Waals surface area contributed by atoms with Gasteiger partial charge in [-0.15, -0.1) is 0 Å². The molecule has 3 rings (SSSR count). The lowest BCUT2D eigenvalue weighted by Crippen LogP contribution is -2.62. The van der Waals surface area contributed by atoms with Gasteiger partial charge in [-0.2, -0.15) is 0 Å². The number of aliphatic hydroxyl groups is 2. The molecule has 486 valence electrons. The number of nitrogens with zero attached hydrogens (tertiary/aromatic N) is 1. The molecule has 0 spiro atoms. The quantitative estimate of drug-likeness (QED) is 0.0642. The van der Waals surface area contributed by atoms with Crippen molar-refractivity contribution in [1.82, 2.24) is 58.1 Å². The highest BCUT2D eigenvalue weighted by atomic mass is 16.3. The summed E-state index contributed by atoms with van der Waals surface area (Å²) in [5.41, 5.74) is 5.66. The summed E-state index contributed by atoms with van der Waals surface area (Å²) in [5, 5.41) is 47.9. The Morgan fingerprint density at radius 1 is 0.621 bits per heavy atom. The van der Waals surface area contributed by atoms with E-state index in [1.165, 1.54) is 13.0 Å². The van der Waals surface area contributed by atoms with E-state index in [0.717, 1.165) is 17.7 Å². The van der Waals surface area contributed by atoms with Gasteiger partial charge in [0, 0.05) is 44.9 Å². The Morgan fingerprint density at radius 2 is 1.15 bits per heavy atom. The average molecular weight is 1220 g/mol. The second-order valence-electron chi connectivity index (χ2n) is 23.8. The first-order chi connectivity index (χ1) is 41.2. The zero-order valence-corrected chi connectivity index (χ0v) is 52.4. The highest BCUT2D eigenvalue weighted by molar-refractivity contribution is 6.03. The predicted octanol–water partition coefficient (Wildman–Crippen LogP) is 0.0218. The predicted molar refractivity (Wildman–Crippen MR) is 323 cm³/mol. The molecule has 2 aliphatic rings. The molecule has 12 amide bonds. The second kappa shape index (κ2) is 37.3. The topological polar surface area (TPSA) is 395 Å². The van der Waals surface area contributed by atoms with Crippen LogP contribution in [0, 0.1) is 23.7 Å². The zero-order chi connectivity index (χ0) is 65.1. The maximum Gasteiger partial charge on any atom is 0.270 e. The van der Waals surface area contributed by atoms with Gasteiger partial charge in [0.25, 0.3) is 5.91 Å². The van der Waals surface area contributed by atoms with Gasteiger partial charge in [-0.25, -0.2) is 0 Å². The Bertz CT molecular complexity index is 2550. The molecule has 0 radical (unpaired) electrons. The molecule has 0 aliphatic carbocycles. The van der Waals surface area contributed by atoms with Crippen molar-refractivity contribution in [2.45, 2.75) is 220 Å². The van der Waals surface area contributed by atoms with Crippen molar-refractivity contribution in [2.75, 3.05) is 19.7 Å². The Kier molecular flexibility index (Phi) is 31.6. The van der Waals surface area contributed by atoms with Crippen molar-refractivity contribution in [3.05, 3.63) is 47.7 Å². The van der Waals surface area contributed by atoms with Crippen LogP contribution in [0.25, 0.3) is 0 Å². The van der Waals surface area contributed by atoms with E-state index in [9.17, 15) is 67.7 Å². The third-order valence-electron chi connectivity index (χ3n) is 15.6. The van der Waals surface area contributed by atoms with Crippen molar-refractivity contribution >= 4 is 70.9 Å². The molecule has 0 aromatic heterocycles. The molecule has 26 nitrogen and oxygen atoms in total. The molecule has 14 N–H and O–H groups in total. The largest absolute Gasteiger partial charge is 0.396 e. The van der Waals surface area contributed by atoms with Crippen LogP contribution in [-0.2, 0) is 64.0 Å². The molecule has 1 aromatic carbocycles. The fourth-order valence-corrected chi connectivity index (χ4v) is 10.2. The lowest BCUT2D eigenvalue weighted by molar-refractivity contribution is -0.139. The summed E-state index contributed by atoms with van der Waals surface area (Å²) in [6.07, 6.45) is 1.45. The highest BCUT2D eigenvalue weighted by Gasteiger charge is 2.43. The van der Waals surface area contributed by atoms with Gasteiger partial charge in [-0.1, -0.05) is 131 Å². The third-order valence-corrected chi connectivity index (χ3v) is 15.6. The average Bonchev–Trinajstić information content (AvgIpc) is 2.38. The minimum Gasteiger partial charge on any atom is -0.396 e. The molecule has 87 heavy (non-hydrogen) atoms. The fourth-order valence-electron chi connectivity index (χ4n) is 10.2. The summed E-state index contributed by atoms with van der Waals surface area (Å²) in [6, 6.07) is -3.05. The van der Waals surface area contributed by atoms with Gasteiger partial charge in [0.2, 0.25) is 65.0 Å². The molecule has 26 heteroatoms. The minimum absolute atomic E-state index is 0.0630. The number of hydrogen-bond donors (Lipinski definition) is 13. The van der Waals surface area contributed by atoms with Crippen LogP contribution in [0.5, 0.6) is 0 Å². The lowest BCUT2D eigenvalue weighted by Gasteiger charge is -2.31. The standard InChI is InChI=1S/C61H98N12O14/c1-11-15-17-22-39-30-49(77)65-42(23-24-48(62)76)54(80)66-41(14-4)61(87)73-33-40(75)31-47(73)58(84)67-43(25-26-74)55(81)69-46(29-38-20-18-16-19-21-38)56(82)68-45(28-35(7)8)57(83)71-52(37(10)13-3)60(86)72-51(36(9)12-2)59(85)70-44(27-34(5)6)53(79)63-32-50(78)64-39/h14,16,18-21,34-37,39-40,42-47,51-52,74-75H,11-13,15,17,22-33H2,1-10H3,(H2,62,76)(H,63,79)(H,64,78)(H,65,77)(H,66,80)(H,67,84)(H,68,82)(H,69,81)(H,70,85)(H,71,83)(H,72,86)/b41-14+/t36?,37?,39-,40-,42+,43+,44+,45-,46-,47+,51?,52?/m1/s1. The number of hydrogen-bond acceptors (Lipinski definition) is 14. The van der Waals surface area contributed by atoms with Crippen LogP contribution in [0.3, 0.4) is 0 Å². The third kappa shape index (κ3) is 24.7. The number of aliphatic hydroxyl groups excluding tert-OH is 2. The Labute approximate surface area is 511 Å². The van der Waals surface area contributed by atoms with E-state index in [1.807, 2.05) is 48.5 Å². The zero-order valence-electron chi connectivity index (χ0n) is 52.4. The summed E-state index contributed by atoms with van der Waals surface area (Å²) >= 11 is 0. The smallest absolute Gasteiger partial charge is 0.270 e. The van der Waals surface area contributed by atoms with E-state index in [-0.39, 0.29) is 68.9 Å². The molecule has 2 aliphatic heterocycles. The molecular weight excluding hydrogens is 1120 g/mol. The van der Waals surface area contributed by atoms with Gasteiger partial charge in [0.05, 0.1) is 12.6 Å². The number of amides is 12. The SMILES string of the molecule is C/C=C1/NC(=O)[C@H](CCC(N)=O)NC(=O)C[C@@H](CCCCC)NC(=O)CNC(=O)[C@H](CC(C)C)NC(=O)C(C(C)CC)NC(=O)C(C(C)CC)NC(=O)[C@@H](CC(C)C)NC(=O)[C@@H](Cc2ccccc2)NC(=O)[C@H](CCO)NC(=O)[C@@H]2C[C@@H](O)CN2C1=O. The molecule has 2 saturated heterocycles. The Morgan fingerprint density at radius 3 is 1.71 bits per heavy atom. The maximum absolute atomic E-state index is 14.6. The monoisotopic (exact) mass is 1220 g/mol. The van der Waals surface area contributed by atoms with Crippen LogP contribution >= 0.6 is 0 Å².